The van der Waals surface area contributed by atoms with Crippen LogP contribution in [0.25, 0.3) is 0 Å². The lowest BCUT2D eigenvalue weighted by atomic mass is 9.83. The smallest absolute Gasteiger partial charge is 0.224 e. The number of aryl methyl sites for hydroxylation is 1. The normalized spacial score (nSPS) is 18.5. The summed E-state index contributed by atoms with van der Waals surface area (Å²) in [6.07, 6.45) is 2.65. The lowest BCUT2D eigenvalue weighted by molar-refractivity contribution is -0.126. The van der Waals surface area contributed by atoms with E-state index in [1.807, 2.05) is 19.9 Å². The third-order valence-corrected chi connectivity index (χ3v) is 4.28. The van der Waals surface area contributed by atoms with Gasteiger partial charge in [0.05, 0.1) is 10.5 Å². The molecule has 0 saturated heterocycles. The standard InChI is InChI=1S/C15H20N2OS/c1-15(2,14(16)19)17-13(18)12-8-7-10-5-3-4-6-11(10)9-12/h3-6,12H,7-9H2,1-2H3,(H2,16,19)(H,17,18). The Labute approximate surface area is 119 Å². The number of hydrogen-bond acceptors (Lipinski definition) is 2. The molecule has 3 N–H and O–H groups in total. The number of hydrogen-bond donors (Lipinski definition) is 2. The van der Waals surface area contributed by atoms with E-state index in [0.29, 0.717) is 4.99 Å². The first-order valence-electron chi connectivity index (χ1n) is 6.59. The Morgan fingerprint density at radius 2 is 2.00 bits per heavy atom. The molecule has 0 aromatic heterocycles. The second kappa shape index (κ2) is 5.29. The van der Waals surface area contributed by atoms with Crippen molar-refractivity contribution in [3.8, 4) is 0 Å². The Hall–Kier alpha value is -1.42. The highest BCUT2D eigenvalue weighted by Crippen LogP contribution is 2.25. The first kappa shape index (κ1) is 14.0. The quantitative estimate of drug-likeness (QED) is 0.830. The molecule has 1 unspecified atom stereocenters. The molecule has 2 rings (SSSR count). The lowest BCUT2D eigenvalue weighted by Gasteiger charge is -2.30. The zero-order valence-corrected chi connectivity index (χ0v) is 12.2. The van der Waals surface area contributed by atoms with Crippen LogP contribution >= 0.6 is 12.2 Å². The molecule has 0 aliphatic heterocycles. The third-order valence-electron chi connectivity index (χ3n) is 3.77. The van der Waals surface area contributed by atoms with Crippen LogP contribution in [-0.2, 0) is 17.6 Å². The number of rotatable bonds is 3. The van der Waals surface area contributed by atoms with Gasteiger partial charge in [0.2, 0.25) is 5.91 Å². The Balaban J connectivity index is 2.05. The molecule has 4 heteroatoms. The molecule has 19 heavy (non-hydrogen) atoms. The summed E-state index contributed by atoms with van der Waals surface area (Å²) in [7, 11) is 0. The maximum absolute atomic E-state index is 12.3. The average molecular weight is 276 g/mol. The molecule has 1 aromatic carbocycles. The number of carbonyl (C=O) groups excluding carboxylic acids is 1. The van der Waals surface area contributed by atoms with E-state index in [2.05, 4.69) is 23.5 Å². The molecule has 0 saturated carbocycles. The van der Waals surface area contributed by atoms with Crippen LogP contribution in [0.15, 0.2) is 24.3 Å². The molecule has 0 fully saturated rings. The minimum absolute atomic E-state index is 0.0172. The Bertz CT molecular complexity index is 511. The summed E-state index contributed by atoms with van der Waals surface area (Å²) < 4.78 is 0. The van der Waals surface area contributed by atoms with Gasteiger partial charge in [0.25, 0.3) is 0 Å². The molecule has 0 spiro atoms. The highest BCUT2D eigenvalue weighted by Gasteiger charge is 2.30. The molecule has 0 bridgehead atoms. The zero-order valence-electron chi connectivity index (χ0n) is 11.4. The molecule has 1 aromatic rings. The van der Waals surface area contributed by atoms with E-state index in [1.165, 1.54) is 11.1 Å². The molecular weight excluding hydrogens is 256 g/mol. The van der Waals surface area contributed by atoms with Gasteiger partial charge in [-0.1, -0.05) is 36.5 Å². The van der Waals surface area contributed by atoms with Gasteiger partial charge >= 0.3 is 0 Å². The predicted octanol–water partition coefficient (Wildman–Crippen LogP) is 1.97. The largest absolute Gasteiger partial charge is 0.391 e. The highest BCUT2D eigenvalue weighted by atomic mass is 32.1. The average Bonchev–Trinajstić information content (AvgIpc) is 2.37. The van der Waals surface area contributed by atoms with Crippen molar-refractivity contribution in [1.29, 1.82) is 0 Å². The summed E-state index contributed by atoms with van der Waals surface area (Å²) in [5.74, 6) is 0.0656. The highest BCUT2D eigenvalue weighted by molar-refractivity contribution is 7.80. The molecule has 1 aliphatic carbocycles. The summed E-state index contributed by atoms with van der Waals surface area (Å²) in [6.45, 7) is 3.67. The molecule has 0 radical (unpaired) electrons. The predicted molar refractivity (Wildman–Crippen MR) is 81.0 cm³/mol. The monoisotopic (exact) mass is 276 g/mol. The fourth-order valence-electron chi connectivity index (χ4n) is 2.39. The minimum atomic E-state index is -0.622. The SMILES string of the molecule is CC(C)(NC(=O)C1CCc2ccccc2C1)C(N)=S. The van der Waals surface area contributed by atoms with Gasteiger partial charge in [-0.25, -0.2) is 0 Å². The van der Waals surface area contributed by atoms with Crippen LogP contribution < -0.4 is 11.1 Å². The van der Waals surface area contributed by atoms with Crippen molar-refractivity contribution >= 4 is 23.1 Å². The van der Waals surface area contributed by atoms with E-state index in [0.717, 1.165) is 19.3 Å². The van der Waals surface area contributed by atoms with Crippen LogP contribution in [0.2, 0.25) is 0 Å². The van der Waals surface area contributed by atoms with E-state index in [-0.39, 0.29) is 11.8 Å². The first-order valence-corrected chi connectivity index (χ1v) is 6.99. The summed E-state index contributed by atoms with van der Waals surface area (Å²) in [5, 5.41) is 2.95. The van der Waals surface area contributed by atoms with E-state index >= 15 is 0 Å². The first-order chi connectivity index (χ1) is 8.90. The number of nitrogens with two attached hydrogens (primary N) is 1. The number of thiocarbonyl (C=S) groups is 1. The molecule has 102 valence electrons. The van der Waals surface area contributed by atoms with Crippen LogP contribution in [0.5, 0.6) is 0 Å². The fourth-order valence-corrected chi connectivity index (χ4v) is 2.44. The summed E-state index contributed by atoms with van der Waals surface area (Å²) in [6, 6.07) is 8.32. The maximum atomic E-state index is 12.3. The Morgan fingerprint density at radius 3 is 2.63 bits per heavy atom. The van der Waals surface area contributed by atoms with Crippen molar-refractivity contribution in [3.05, 3.63) is 35.4 Å². The van der Waals surface area contributed by atoms with Gasteiger partial charge in [-0.05, 0) is 44.2 Å². The minimum Gasteiger partial charge on any atom is -0.391 e. The lowest BCUT2D eigenvalue weighted by Crippen LogP contribution is -2.54. The van der Waals surface area contributed by atoms with Crippen molar-refractivity contribution < 1.29 is 4.79 Å². The fraction of sp³-hybridized carbons (Fsp3) is 0.467. The molecule has 1 amide bonds. The molecule has 1 aliphatic rings. The zero-order chi connectivity index (χ0) is 14.0. The van der Waals surface area contributed by atoms with Gasteiger partial charge in [-0.2, -0.15) is 0 Å². The van der Waals surface area contributed by atoms with Gasteiger partial charge in [-0.15, -0.1) is 0 Å². The van der Waals surface area contributed by atoms with Gasteiger partial charge in [0.1, 0.15) is 0 Å². The van der Waals surface area contributed by atoms with Gasteiger partial charge in [-0.3, -0.25) is 4.79 Å². The summed E-state index contributed by atoms with van der Waals surface area (Å²) in [4.78, 5) is 12.6. The second-order valence-corrected chi connectivity index (χ2v) is 6.13. The van der Waals surface area contributed by atoms with Crippen LogP contribution in [0.4, 0.5) is 0 Å². The second-order valence-electron chi connectivity index (χ2n) is 5.69. The number of fused-ring (bicyclic) bond motifs is 1. The van der Waals surface area contributed by atoms with Crippen molar-refractivity contribution in [2.45, 2.75) is 38.6 Å². The van der Waals surface area contributed by atoms with E-state index in [1.54, 1.807) is 0 Å². The van der Waals surface area contributed by atoms with Crippen LogP contribution in [-0.4, -0.2) is 16.4 Å². The maximum Gasteiger partial charge on any atom is 0.224 e. The van der Waals surface area contributed by atoms with Gasteiger partial charge < -0.3 is 11.1 Å². The van der Waals surface area contributed by atoms with E-state index in [9.17, 15) is 4.79 Å². The van der Waals surface area contributed by atoms with E-state index in [4.69, 9.17) is 18.0 Å². The summed E-state index contributed by atoms with van der Waals surface area (Å²) in [5.41, 5.74) is 7.66. The summed E-state index contributed by atoms with van der Waals surface area (Å²) >= 11 is 4.98. The van der Waals surface area contributed by atoms with Crippen LogP contribution in [0.3, 0.4) is 0 Å². The van der Waals surface area contributed by atoms with E-state index < -0.39 is 5.54 Å². The van der Waals surface area contributed by atoms with Crippen LogP contribution in [0, 0.1) is 5.92 Å². The Morgan fingerprint density at radius 1 is 1.37 bits per heavy atom. The van der Waals surface area contributed by atoms with Gasteiger partial charge in [0.15, 0.2) is 0 Å². The van der Waals surface area contributed by atoms with Crippen molar-refractivity contribution in [1.82, 2.24) is 5.32 Å². The topological polar surface area (TPSA) is 55.1 Å². The third kappa shape index (κ3) is 3.13. The molecule has 0 heterocycles. The number of carbonyl (C=O) groups is 1. The number of benzene rings is 1. The molecular formula is C15H20N2OS. The van der Waals surface area contributed by atoms with Crippen molar-refractivity contribution in [3.63, 3.8) is 0 Å². The number of nitrogens with one attached hydrogen (secondary N) is 1. The molecule has 1 atom stereocenters. The Kier molecular flexibility index (Phi) is 3.90. The molecule has 3 nitrogen and oxygen atoms in total. The number of amides is 1. The van der Waals surface area contributed by atoms with Crippen molar-refractivity contribution in [2.24, 2.45) is 11.7 Å². The van der Waals surface area contributed by atoms with Crippen molar-refractivity contribution in [2.75, 3.05) is 0 Å². The van der Waals surface area contributed by atoms with Crippen LogP contribution in [0.1, 0.15) is 31.4 Å². The van der Waals surface area contributed by atoms with Gasteiger partial charge in [0, 0.05) is 5.92 Å².